The number of hydrogen-bond acceptors (Lipinski definition) is 2. The third-order valence-electron chi connectivity index (χ3n) is 6.37. The highest BCUT2D eigenvalue weighted by Gasteiger charge is 2.51. The molecule has 3 aliphatic rings. The number of hydrogen-bond donors (Lipinski definition) is 1. The maximum absolute atomic E-state index is 12.7. The Morgan fingerprint density at radius 3 is 2.26 bits per heavy atom. The van der Waals surface area contributed by atoms with Crippen molar-refractivity contribution in [2.75, 3.05) is 13.1 Å². The summed E-state index contributed by atoms with van der Waals surface area (Å²) < 4.78 is 38.0. The molecule has 4 nitrogen and oxygen atoms in total. The number of rotatable bonds is 2. The van der Waals surface area contributed by atoms with Crippen molar-refractivity contribution in [1.82, 2.24) is 10.2 Å². The minimum Gasteiger partial charge on any atom is -0.351 e. The molecule has 0 aromatic heterocycles. The fourth-order valence-corrected chi connectivity index (χ4v) is 4.77. The lowest BCUT2D eigenvalue weighted by molar-refractivity contribution is -0.143. The Labute approximate surface area is 156 Å². The molecule has 4 rings (SSSR count). The third-order valence-corrected chi connectivity index (χ3v) is 6.37. The van der Waals surface area contributed by atoms with E-state index < -0.39 is 11.7 Å². The molecule has 27 heavy (non-hydrogen) atoms. The number of carbonyl (C=O) groups excluding carboxylic acids is 2. The molecule has 1 saturated carbocycles. The highest BCUT2D eigenvalue weighted by molar-refractivity contribution is 5.83. The fourth-order valence-electron chi connectivity index (χ4n) is 4.77. The van der Waals surface area contributed by atoms with E-state index in [9.17, 15) is 22.8 Å². The van der Waals surface area contributed by atoms with Crippen LogP contribution < -0.4 is 5.32 Å². The second kappa shape index (κ2) is 6.53. The van der Waals surface area contributed by atoms with Crippen LogP contribution in [-0.4, -0.2) is 35.3 Å². The number of nitrogens with one attached hydrogen (secondary N) is 1. The van der Waals surface area contributed by atoms with Crippen LogP contribution in [0.3, 0.4) is 0 Å². The molecule has 0 unspecified atom stereocenters. The van der Waals surface area contributed by atoms with Gasteiger partial charge in [-0.15, -0.1) is 0 Å². The lowest BCUT2D eigenvalue weighted by atomic mass is 9.67. The second-order valence-electron chi connectivity index (χ2n) is 8.15. The Kier molecular flexibility index (Phi) is 4.43. The second-order valence-corrected chi connectivity index (χ2v) is 8.15. The highest BCUT2D eigenvalue weighted by Crippen LogP contribution is 2.45. The van der Waals surface area contributed by atoms with E-state index >= 15 is 0 Å². The van der Waals surface area contributed by atoms with E-state index in [1.165, 1.54) is 0 Å². The maximum Gasteiger partial charge on any atom is 0.416 e. The molecule has 0 radical (unpaired) electrons. The number of carbonyl (C=O) groups is 2. The zero-order chi connectivity index (χ0) is 19.2. The molecule has 0 bridgehead atoms. The molecule has 2 aliphatic heterocycles. The first-order valence-corrected chi connectivity index (χ1v) is 9.53. The quantitative estimate of drug-likeness (QED) is 0.854. The van der Waals surface area contributed by atoms with Crippen LogP contribution in [0.25, 0.3) is 0 Å². The minimum atomic E-state index is -4.31. The Hall–Kier alpha value is -2.05. The molecule has 1 aromatic carbocycles. The largest absolute Gasteiger partial charge is 0.416 e. The van der Waals surface area contributed by atoms with Crippen LogP contribution in [0, 0.1) is 5.92 Å². The van der Waals surface area contributed by atoms with E-state index in [0.29, 0.717) is 19.5 Å². The standard InChI is InChI=1S/C20H23F3N2O2/c21-20(22,23)16-3-1-13(2-4-16)14-6-9-25(10-7-14)18(27)15-11-19(12-15)8-5-17(26)24-19/h1-4,14-15H,5-12H2,(H,24,26)/t15-,19+. The fraction of sp³-hybridized carbons (Fsp3) is 0.600. The van der Waals surface area contributed by atoms with Gasteiger partial charge in [0.05, 0.1) is 5.56 Å². The molecule has 146 valence electrons. The summed E-state index contributed by atoms with van der Waals surface area (Å²) in [6.45, 7) is 1.28. The number of alkyl halides is 3. The molecule has 1 aromatic rings. The molecule has 1 spiro atoms. The summed E-state index contributed by atoms with van der Waals surface area (Å²) in [6, 6.07) is 5.39. The van der Waals surface area contributed by atoms with Crippen LogP contribution in [0.5, 0.6) is 0 Å². The molecule has 1 aliphatic carbocycles. The van der Waals surface area contributed by atoms with Gasteiger partial charge in [0, 0.05) is 31.0 Å². The van der Waals surface area contributed by atoms with Crippen molar-refractivity contribution in [2.24, 2.45) is 5.92 Å². The Morgan fingerprint density at radius 1 is 1.11 bits per heavy atom. The summed E-state index contributed by atoms with van der Waals surface area (Å²) in [5.41, 5.74) is 0.138. The van der Waals surface area contributed by atoms with Gasteiger partial charge in [0.15, 0.2) is 0 Å². The molecule has 2 saturated heterocycles. The maximum atomic E-state index is 12.7. The van der Waals surface area contributed by atoms with E-state index in [-0.39, 0.29) is 29.2 Å². The van der Waals surface area contributed by atoms with Crippen molar-refractivity contribution < 1.29 is 22.8 Å². The summed E-state index contributed by atoms with van der Waals surface area (Å²) in [4.78, 5) is 26.0. The molecule has 2 amide bonds. The third kappa shape index (κ3) is 3.56. The van der Waals surface area contributed by atoms with E-state index in [0.717, 1.165) is 49.8 Å². The van der Waals surface area contributed by atoms with Gasteiger partial charge in [0.2, 0.25) is 11.8 Å². The summed E-state index contributed by atoms with van der Waals surface area (Å²) in [7, 11) is 0. The van der Waals surface area contributed by atoms with E-state index in [1.54, 1.807) is 12.1 Å². The minimum absolute atomic E-state index is 0.00832. The highest BCUT2D eigenvalue weighted by atomic mass is 19.4. The Balaban J connectivity index is 1.29. The SMILES string of the molecule is O=C1CC[C@]2(C[C@H](C(=O)N3CCC(c4ccc(C(F)(F)F)cc4)CC3)C2)N1. The number of amides is 2. The lowest BCUT2D eigenvalue weighted by Crippen LogP contribution is -2.57. The number of nitrogens with zero attached hydrogens (tertiary/aromatic N) is 1. The van der Waals surface area contributed by atoms with Gasteiger partial charge in [-0.3, -0.25) is 9.59 Å². The number of halogens is 3. The van der Waals surface area contributed by atoms with Gasteiger partial charge in [-0.05, 0) is 55.7 Å². The average molecular weight is 380 g/mol. The van der Waals surface area contributed by atoms with Crippen molar-refractivity contribution in [3.63, 3.8) is 0 Å². The van der Waals surface area contributed by atoms with Crippen molar-refractivity contribution in [3.05, 3.63) is 35.4 Å². The predicted molar refractivity (Wildman–Crippen MR) is 92.8 cm³/mol. The monoisotopic (exact) mass is 380 g/mol. The van der Waals surface area contributed by atoms with Crippen molar-refractivity contribution >= 4 is 11.8 Å². The Morgan fingerprint density at radius 2 is 1.74 bits per heavy atom. The summed E-state index contributed by atoms with van der Waals surface area (Å²) >= 11 is 0. The van der Waals surface area contributed by atoms with Gasteiger partial charge in [-0.25, -0.2) is 0 Å². The summed E-state index contributed by atoms with van der Waals surface area (Å²) in [6.07, 6.45) is 0.0719. The first kappa shape index (κ1) is 18.3. The molecule has 2 heterocycles. The van der Waals surface area contributed by atoms with Gasteiger partial charge in [-0.2, -0.15) is 13.2 Å². The molecular weight excluding hydrogens is 357 g/mol. The van der Waals surface area contributed by atoms with Gasteiger partial charge in [0.1, 0.15) is 0 Å². The van der Waals surface area contributed by atoms with Crippen LogP contribution in [-0.2, 0) is 15.8 Å². The van der Waals surface area contributed by atoms with Crippen molar-refractivity contribution in [1.29, 1.82) is 0 Å². The molecular formula is C20H23F3N2O2. The van der Waals surface area contributed by atoms with Crippen molar-refractivity contribution in [2.45, 2.75) is 56.2 Å². The number of benzene rings is 1. The van der Waals surface area contributed by atoms with Gasteiger partial charge in [0.25, 0.3) is 0 Å². The van der Waals surface area contributed by atoms with Crippen LogP contribution in [0.1, 0.15) is 55.6 Å². The molecule has 7 heteroatoms. The van der Waals surface area contributed by atoms with Gasteiger partial charge >= 0.3 is 6.18 Å². The Bertz CT molecular complexity index is 731. The van der Waals surface area contributed by atoms with E-state index in [4.69, 9.17) is 0 Å². The van der Waals surface area contributed by atoms with Gasteiger partial charge < -0.3 is 10.2 Å². The number of likely N-dealkylation sites (tertiary alicyclic amines) is 1. The zero-order valence-electron chi connectivity index (χ0n) is 15.0. The first-order valence-electron chi connectivity index (χ1n) is 9.53. The summed E-state index contributed by atoms with van der Waals surface area (Å²) in [5.74, 6) is 0.426. The normalized spacial score (nSPS) is 28.9. The van der Waals surface area contributed by atoms with Crippen molar-refractivity contribution in [3.8, 4) is 0 Å². The topological polar surface area (TPSA) is 49.4 Å². The lowest BCUT2D eigenvalue weighted by Gasteiger charge is -2.46. The predicted octanol–water partition coefficient (Wildman–Crippen LogP) is 3.47. The summed E-state index contributed by atoms with van der Waals surface area (Å²) in [5, 5.41) is 3.01. The average Bonchev–Trinajstić information content (AvgIpc) is 3.02. The zero-order valence-corrected chi connectivity index (χ0v) is 15.0. The number of piperidine rings is 1. The smallest absolute Gasteiger partial charge is 0.351 e. The molecule has 3 fully saturated rings. The van der Waals surface area contributed by atoms with Crippen LogP contribution >= 0.6 is 0 Å². The molecule has 0 atom stereocenters. The van der Waals surface area contributed by atoms with Crippen LogP contribution in [0.15, 0.2) is 24.3 Å². The molecule has 1 N–H and O–H groups in total. The van der Waals surface area contributed by atoms with Crippen LogP contribution in [0.4, 0.5) is 13.2 Å². The van der Waals surface area contributed by atoms with E-state index in [1.807, 2.05) is 4.90 Å². The van der Waals surface area contributed by atoms with Gasteiger partial charge in [-0.1, -0.05) is 12.1 Å². The first-order chi connectivity index (χ1) is 12.8. The van der Waals surface area contributed by atoms with Crippen LogP contribution in [0.2, 0.25) is 0 Å². The van der Waals surface area contributed by atoms with E-state index in [2.05, 4.69) is 5.32 Å².